The molecule has 2 aromatic carbocycles. The summed E-state index contributed by atoms with van der Waals surface area (Å²) in [6.45, 7) is 5.37. The second-order valence-electron chi connectivity index (χ2n) is 8.94. The van der Waals surface area contributed by atoms with Crippen molar-refractivity contribution in [2.75, 3.05) is 18.4 Å². The van der Waals surface area contributed by atoms with Crippen LogP contribution in [0, 0.1) is 12.8 Å². The smallest absolute Gasteiger partial charge is 0.255 e. The summed E-state index contributed by atoms with van der Waals surface area (Å²) in [4.78, 5) is 20.0. The zero-order chi connectivity index (χ0) is 20.5. The number of hydrogen-bond donors (Lipinski definition) is 1. The van der Waals surface area contributed by atoms with Gasteiger partial charge in [0.1, 0.15) is 0 Å². The van der Waals surface area contributed by atoms with Gasteiger partial charge in [0.15, 0.2) is 0 Å². The Morgan fingerprint density at radius 3 is 2.57 bits per heavy atom. The molecule has 5 rings (SSSR count). The lowest BCUT2D eigenvalue weighted by molar-refractivity contribution is 0.102. The van der Waals surface area contributed by atoms with Gasteiger partial charge in [0.2, 0.25) is 0 Å². The van der Waals surface area contributed by atoms with Crippen molar-refractivity contribution in [1.29, 1.82) is 0 Å². The third-order valence-electron chi connectivity index (χ3n) is 6.45. The van der Waals surface area contributed by atoms with Crippen LogP contribution in [0.2, 0.25) is 0 Å². The molecule has 1 aromatic heterocycles. The van der Waals surface area contributed by atoms with Gasteiger partial charge >= 0.3 is 0 Å². The van der Waals surface area contributed by atoms with Crippen molar-refractivity contribution in [1.82, 2.24) is 9.88 Å². The Bertz CT molecular complexity index is 1060. The molecule has 0 atom stereocenters. The first-order chi connectivity index (χ1) is 14.7. The number of nitrogens with zero attached hydrogens (tertiary/aromatic N) is 2. The highest BCUT2D eigenvalue weighted by Gasteiger charge is 2.21. The van der Waals surface area contributed by atoms with Gasteiger partial charge in [-0.25, -0.2) is 0 Å². The van der Waals surface area contributed by atoms with Crippen molar-refractivity contribution in [3.63, 3.8) is 0 Å². The number of aryl methyl sites for hydroxylation is 1. The summed E-state index contributed by atoms with van der Waals surface area (Å²) in [5.41, 5.74) is 6.07. The number of nitrogens with one attached hydrogen (secondary N) is 1. The second-order valence-corrected chi connectivity index (χ2v) is 8.94. The minimum absolute atomic E-state index is 0.0684. The van der Waals surface area contributed by atoms with E-state index < -0.39 is 0 Å². The third-order valence-corrected chi connectivity index (χ3v) is 6.45. The molecule has 1 saturated carbocycles. The average Bonchev–Trinajstić information content (AvgIpc) is 3.42. The Labute approximate surface area is 178 Å². The van der Waals surface area contributed by atoms with Crippen LogP contribution in [0.15, 0.2) is 48.7 Å². The highest BCUT2D eigenvalue weighted by Crippen LogP contribution is 2.32. The first-order valence-electron chi connectivity index (χ1n) is 11.2. The molecule has 1 aliphatic heterocycles. The van der Waals surface area contributed by atoms with Crippen LogP contribution in [0.5, 0.6) is 0 Å². The first-order valence-corrected chi connectivity index (χ1v) is 11.2. The highest BCUT2D eigenvalue weighted by atomic mass is 16.1. The maximum absolute atomic E-state index is 12.8. The quantitative estimate of drug-likeness (QED) is 0.608. The Kier molecular flexibility index (Phi) is 5.26. The SMILES string of the molecule is Cc1c(NC(=O)c2ccc(CC3CC3)cc2)ccc2cc(CN3CCCC3)cnc12. The molecule has 0 radical (unpaired) electrons. The summed E-state index contributed by atoms with van der Waals surface area (Å²) in [6, 6.07) is 14.3. The van der Waals surface area contributed by atoms with E-state index in [1.807, 2.05) is 31.3 Å². The van der Waals surface area contributed by atoms with Crippen LogP contribution in [0.1, 0.15) is 52.7 Å². The molecule has 1 N–H and O–H groups in total. The van der Waals surface area contributed by atoms with Crippen LogP contribution in [0.3, 0.4) is 0 Å². The van der Waals surface area contributed by atoms with E-state index in [4.69, 9.17) is 4.98 Å². The van der Waals surface area contributed by atoms with E-state index in [9.17, 15) is 4.79 Å². The molecule has 30 heavy (non-hydrogen) atoms. The zero-order valence-electron chi connectivity index (χ0n) is 17.7. The minimum atomic E-state index is -0.0684. The number of fused-ring (bicyclic) bond motifs is 1. The maximum atomic E-state index is 12.8. The van der Waals surface area contributed by atoms with Crippen LogP contribution in [0.4, 0.5) is 5.69 Å². The van der Waals surface area contributed by atoms with Gasteiger partial charge in [0.05, 0.1) is 5.52 Å². The summed E-state index contributed by atoms with van der Waals surface area (Å²) in [5.74, 6) is 0.786. The molecule has 2 aliphatic rings. The number of rotatable bonds is 6. The fourth-order valence-electron chi connectivity index (χ4n) is 4.46. The molecule has 0 bridgehead atoms. The lowest BCUT2D eigenvalue weighted by Gasteiger charge is -2.15. The fourth-order valence-corrected chi connectivity index (χ4v) is 4.46. The highest BCUT2D eigenvalue weighted by molar-refractivity contribution is 6.05. The van der Waals surface area contributed by atoms with E-state index in [1.165, 1.54) is 49.9 Å². The molecule has 4 nitrogen and oxygen atoms in total. The van der Waals surface area contributed by atoms with E-state index in [-0.39, 0.29) is 5.91 Å². The number of carbonyl (C=O) groups is 1. The van der Waals surface area contributed by atoms with E-state index >= 15 is 0 Å². The van der Waals surface area contributed by atoms with Crippen molar-refractivity contribution in [3.05, 3.63) is 70.9 Å². The van der Waals surface area contributed by atoms with Gasteiger partial charge in [-0.1, -0.05) is 18.2 Å². The monoisotopic (exact) mass is 399 g/mol. The zero-order valence-corrected chi connectivity index (χ0v) is 17.7. The van der Waals surface area contributed by atoms with Crippen LogP contribution < -0.4 is 5.32 Å². The van der Waals surface area contributed by atoms with Gasteiger partial charge < -0.3 is 5.32 Å². The molecule has 0 spiro atoms. The first kappa shape index (κ1) is 19.3. The molecule has 0 unspecified atom stereocenters. The van der Waals surface area contributed by atoms with Gasteiger partial charge in [-0.3, -0.25) is 14.7 Å². The predicted molar refractivity (Wildman–Crippen MR) is 122 cm³/mol. The lowest BCUT2D eigenvalue weighted by Crippen LogP contribution is -2.18. The number of anilines is 1. The molecule has 154 valence electrons. The van der Waals surface area contributed by atoms with Crippen LogP contribution in [-0.2, 0) is 13.0 Å². The number of hydrogen-bond acceptors (Lipinski definition) is 3. The molecule has 1 saturated heterocycles. The number of benzene rings is 2. The van der Waals surface area contributed by atoms with Crippen molar-refractivity contribution >= 4 is 22.5 Å². The molecular weight excluding hydrogens is 370 g/mol. The van der Waals surface area contributed by atoms with Gasteiger partial charge in [0.25, 0.3) is 5.91 Å². The average molecular weight is 400 g/mol. The van der Waals surface area contributed by atoms with E-state index in [0.29, 0.717) is 5.56 Å². The molecule has 2 fully saturated rings. The number of likely N-dealkylation sites (tertiary alicyclic amines) is 1. The molecular formula is C26H29N3O. The van der Waals surface area contributed by atoms with E-state index in [0.717, 1.165) is 41.0 Å². The second kappa shape index (κ2) is 8.19. The summed E-state index contributed by atoms with van der Waals surface area (Å²) in [6.07, 6.45) is 8.41. The van der Waals surface area contributed by atoms with Crippen molar-refractivity contribution < 1.29 is 4.79 Å². The Morgan fingerprint density at radius 2 is 1.83 bits per heavy atom. The minimum Gasteiger partial charge on any atom is -0.322 e. The maximum Gasteiger partial charge on any atom is 0.255 e. The van der Waals surface area contributed by atoms with Crippen LogP contribution in [-0.4, -0.2) is 28.9 Å². The van der Waals surface area contributed by atoms with Gasteiger partial charge in [-0.05, 0) is 99.0 Å². The van der Waals surface area contributed by atoms with Crippen LogP contribution >= 0.6 is 0 Å². The number of carbonyl (C=O) groups excluding carboxylic acids is 1. The molecule has 1 amide bonds. The summed E-state index contributed by atoms with van der Waals surface area (Å²) < 4.78 is 0. The molecule has 1 aliphatic carbocycles. The van der Waals surface area contributed by atoms with Crippen molar-refractivity contribution in [3.8, 4) is 0 Å². The largest absolute Gasteiger partial charge is 0.322 e. The lowest BCUT2D eigenvalue weighted by atomic mass is 10.0. The summed E-state index contributed by atoms with van der Waals surface area (Å²) in [5, 5.41) is 4.21. The Balaban J connectivity index is 1.31. The predicted octanol–water partition coefficient (Wildman–Crippen LogP) is 5.34. The Hall–Kier alpha value is -2.72. The van der Waals surface area contributed by atoms with Gasteiger partial charge in [0, 0.05) is 29.4 Å². The van der Waals surface area contributed by atoms with Gasteiger partial charge in [-0.15, -0.1) is 0 Å². The topological polar surface area (TPSA) is 45.2 Å². The molecule has 3 aromatic rings. The van der Waals surface area contributed by atoms with Crippen LogP contribution in [0.25, 0.3) is 10.9 Å². The summed E-state index contributed by atoms with van der Waals surface area (Å²) >= 11 is 0. The number of amides is 1. The fraction of sp³-hybridized carbons (Fsp3) is 0.385. The number of aromatic nitrogens is 1. The molecule has 2 heterocycles. The van der Waals surface area contributed by atoms with Crippen molar-refractivity contribution in [2.24, 2.45) is 5.92 Å². The summed E-state index contributed by atoms with van der Waals surface area (Å²) in [7, 11) is 0. The number of pyridine rings is 1. The standard InChI is InChI=1S/C26H29N3O/c1-18-24(28-26(30)22-8-6-20(7-9-22)14-19-4-5-19)11-10-23-15-21(16-27-25(18)23)17-29-12-2-3-13-29/h6-11,15-16,19H,2-5,12-14,17H2,1H3,(H,28,30). The Morgan fingerprint density at radius 1 is 1.07 bits per heavy atom. The van der Waals surface area contributed by atoms with Crippen molar-refractivity contribution in [2.45, 2.75) is 45.6 Å². The third kappa shape index (κ3) is 4.24. The molecule has 4 heteroatoms. The van der Waals surface area contributed by atoms with E-state index in [2.05, 4.69) is 34.5 Å². The normalized spacial score (nSPS) is 16.8. The van der Waals surface area contributed by atoms with Gasteiger partial charge in [-0.2, -0.15) is 0 Å². The van der Waals surface area contributed by atoms with E-state index in [1.54, 1.807) is 0 Å².